The van der Waals surface area contributed by atoms with Gasteiger partial charge in [-0.2, -0.15) is 0 Å². The molecular formula is C11H11NO3. The van der Waals surface area contributed by atoms with Crippen LogP contribution in [0.25, 0.3) is 0 Å². The largest absolute Gasteiger partial charge is 0.469 e. The lowest BCUT2D eigenvalue weighted by Crippen LogP contribution is -2.31. The molecule has 0 aromatic carbocycles. The van der Waals surface area contributed by atoms with E-state index in [2.05, 4.69) is 6.08 Å². The summed E-state index contributed by atoms with van der Waals surface area (Å²) >= 11 is 0. The molecule has 0 spiro atoms. The van der Waals surface area contributed by atoms with Crippen LogP contribution in [0.1, 0.15) is 18.1 Å². The summed E-state index contributed by atoms with van der Waals surface area (Å²) in [7, 11) is 0. The number of allylic oxidation sites excluding steroid dienone is 1. The highest BCUT2D eigenvalue weighted by molar-refractivity contribution is 5.24. The maximum absolute atomic E-state index is 11.0. The van der Waals surface area contributed by atoms with Gasteiger partial charge in [0.1, 0.15) is 5.76 Å². The van der Waals surface area contributed by atoms with Crippen molar-refractivity contribution in [2.75, 3.05) is 0 Å². The normalized spacial score (nSPS) is 37.3. The number of fused-ring (bicyclic) bond motifs is 2. The molecule has 1 aromatic rings. The molecule has 0 aliphatic heterocycles. The van der Waals surface area contributed by atoms with Crippen LogP contribution >= 0.6 is 0 Å². The molecule has 1 aromatic heterocycles. The molecule has 0 N–H and O–H groups in total. The Morgan fingerprint density at radius 1 is 1.40 bits per heavy atom. The quantitative estimate of drug-likeness (QED) is 0.422. The molecule has 3 rings (SSSR count). The number of furan rings is 1. The summed E-state index contributed by atoms with van der Waals surface area (Å²) in [5.41, 5.74) is 0. The minimum atomic E-state index is -0.494. The maximum atomic E-state index is 11.0. The molecule has 4 atom stereocenters. The van der Waals surface area contributed by atoms with Crippen molar-refractivity contribution in [2.24, 2.45) is 11.8 Å². The van der Waals surface area contributed by atoms with Crippen LogP contribution in [-0.2, 0) is 0 Å². The number of nitrogens with zero attached hydrogens (tertiary/aromatic N) is 1. The van der Waals surface area contributed by atoms with Crippen LogP contribution in [-0.4, -0.2) is 11.0 Å². The van der Waals surface area contributed by atoms with Gasteiger partial charge in [-0.3, -0.25) is 10.1 Å². The van der Waals surface area contributed by atoms with Crippen LogP contribution in [0.4, 0.5) is 0 Å². The van der Waals surface area contributed by atoms with Gasteiger partial charge in [-0.05, 0) is 24.5 Å². The first-order valence-corrected chi connectivity index (χ1v) is 5.12. The number of nitro groups is 1. The summed E-state index contributed by atoms with van der Waals surface area (Å²) in [5, 5.41) is 11.0. The average molecular weight is 205 g/mol. The SMILES string of the molecule is O=[N+]([O-])C1C2C=CC(C2)C1c1ccco1. The summed E-state index contributed by atoms with van der Waals surface area (Å²) in [6, 6.07) is 3.14. The minimum Gasteiger partial charge on any atom is -0.469 e. The molecule has 1 fully saturated rings. The topological polar surface area (TPSA) is 56.3 Å². The van der Waals surface area contributed by atoms with Crippen LogP contribution in [0.15, 0.2) is 35.0 Å². The van der Waals surface area contributed by atoms with Gasteiger partial charge < -0.3 is 4.42 Å². The standard InChI is InChI=1S/C11H11NO3/c13-12(14)11-8-4-3-7(6-8)10(11)9-2-1-5-15-9/h1-5,7-8,10-11H,6H2. The fourth-order valence-electron chi connectivity index (χ4n) is 2.94. The molecule has 2 aliphatic rings. The zero-order valence-corrected chi connectivity index (χ0v) is 8.08. The molecule has 0 amide bonds. The molecular weight excluding hydrogens is 194 g/mol. The highest BCUT2D eigenvalue weighted by Gasteiger charge is 2.53. The van der Waals surface area contributed by atoms with Gasteiger partial charge in [-0.15, -0.1) is 0 Å². The predicted molar refractivity (Wildman–Crippen MR) is 53.0 cm³/mol. The summed E-state index contributed by atoms with van der Waals surface area (Å²) in [6.07, 6.45) is 6.56. The second kappa shape index (κ2) is 2.95. The van der Waals surface area contributed by atoms with Gasteiger partial charge >= 0.3 is 0 Å². The second-order valence-corrected chi connectivity index (χ2v) is 4.27. The van der Waals surface area contributed by atoms with E-state index in [9.17, 15) is 10.1 Å². The first kappa shape index (κ1) is 8.71. The molecule has 4 heteroatoms. The zero-order chi connectivity index (χ0) is 10.4. The lowest BCUT2D eigenvalue weighted by atomic mass is 9.87. The Labute approximate surface area is 86.7 Å². The van der Waals surface area contributed by atoms with E-state index < -0.39 is 6.04 Å². The van der Waals surface area contributed by atoms with Crippen molar-refractivity contribution in [3.63, 3.8) is 0 Å². The molecule has 2 aliphatic carbocycles. The smallest absolute Gasteiger partial charge is 0.229 e. The van der Waals surface area contributed by atoms with Crippen LogP contribution in [0.3, 0.4) is 0 Å². The Bertz CT molecular complexity index is 409. The minimum absolute atomic E-state index is 0.0648. The summed E-state index contributed by atoms with van der Waals surface area (Å²) in [4.78, 5) is 10.9. The van der Waals surface area contributed by atoms with Gasteiger partial charge in [0.25, 0.3) is 0 Å². The highest BCUT2D eigenvalue weighted by Crippen LogP contribution is 2.50. The van der Waals surface area contributed by atoms with Crippen molar-refractivity contribution < 1.29 is 9.34 Å². The summed E-state index contributed by atoms with van der Waals surface area (Å²) < 4.78 is 5.31. The summed E-state index contributed by atoms with van der Waals surface area (Å²) in [6.45, 7) is 0. The van der Waals surface area contributed by atoms with Gasteiger partial charge in [0.15, 0.2) is 0 Å². The van der Waals surface area contributed by atoms with Gasteiger partial charge in [0.2, 0.25) is 6.04 Å². The highest BCUT2D eigenvalue weighted by atomic mass is 16.6. The molecule has 4 unspecified atom stereocenters. The molecule has 1 heterocycles. The van der Waals surface area contributed by atoms with Crippen LogP contribution in [0.2, 0.25) is 0 Å². The van der Waals surface area contributed by atoms with Gasteiger partial charge in [0.05, 0.1) is 12.2 Å². The number of hydrogen-bond donors (Lipinski definition) is 0. The fourth-order valence-corrected chi connectivity index (χ4v) is 2.94. The second-order valence-electron chi connectivity index (χ2n) is 4.27. The lowest BCUT2D eigenvalue weighted by molar-refractivity contribution is -0.530. The molecule has 4 nitrogen and oxygen atoms in total. The van der Waals surface area contributed by atoms with Gasteiger partial charge in [0, 0.05) is 10.8 Å². The van der Waals surface area contributed by atoms with Crippen molar-refractivity contribution in [1.82, 2.24) is 0 Å². The predicted octanol–water partition coefficient (Wildman–Crippen LogP) is 2.21. The van der Waals surface area contributed by atoms with Crippen molar-refractivity contribution in [1.29, 1.82) is 0 Å². The summed E-state index contributed by atoms with van der Waals surface area (Å²) in [5.74, 6) is 1.08. The van der Waals surface area contributed by atoms with Crippen molar-refractivity contribution in [3.8, 4) is 0 Å². The fraction of sp³-hybridized carbons (Fsp3) is 0.455. The monoisotopic (exact) mass is 205 g/mol. The van der Waals surface area contributed by atoms with Crippen LogP contribution in [0.5, 0.6) is 0 Å². The van der Waals surface area contributed by atoms with E-state index in [-0.39, 0.29) is 22.7 Å². The first-order chi connectivity index (χ1) is 7.27. The third-order valence-electron chi connectivity index (χ3n) is 3.53. The maximum Gasteiger partial charge on any atom is 0.229 e. The third kappa shape index (κ3) is 1.14. The Morgan fingerprint density at radius 3 is 2.87 bits per heavy atom. The Hall–Kier alpha value is -1.58. The first-order valence-electron chi connectivity index (χ1n) is 5.12. The van der Waals surface area contributed by atoms with Crippen LogP contribution < -0.4 is 0 Å². The number of hydrogen-bond acceptors (Lipinski definition) is 3. The molecule has 0 saturated heterocycles. The Balaban J connectivity index is 2.00. The zero-order valence-electron chi connectivity index (χ0n) is 8.08. The van der Waals surface area contributed by atoms with E-state index in [4.69, 9.17) is 4.42 Å². The third-order valence-corrected chi connectivity index (χ3v) is 3.53. The van der Waals surface area contributed by atoms with Crippen molar-refractivity contribution >= 4 is 0 Å². The average Bonchev–Trinajstić information content (AvgIpc) is 2.92. The Morgan fingerprint density at radius 2 is 2.20 bits per heavy atom. The number of rotatable bonds is 2. The van der Waals surface area contributed by atoms with E-state index in [0.717, 1.165) is 12.2 Å². The van der Waals surface area contributed by atoms with E-state index in [1.807, 2.05) is 12.1 Å². The van der Waals surface area contributed by atoms with E-state index in [0.29, 0.717) is 0 Å². The Kier molecular flexibility index (Phi) is 1.71. The molecule has 2 bridgehead atoms. The lowest BCUT2D eigenvalue weighted by Gasteiger charge is -2.19. The van der Waals surface area contributed by atoms with E-state index >= 15 is 0 Å². The van der Waals surface area contributed by atoms with Crippen molar-refractivity contribution in [2.45, 2.75) is 18.4 Å². The molecule has 78 valence electrons. The van der Waals surface area contributed by atoms with Gasteiger partial charge in [-0.1, -0.05) is 12.2 Å². The molecule has 1 saturated carbocycles. The van der Waals surface area contributed by atoms with E-state index in [1.54, 1.807) is 12.3 Å². The van der Waals surface area contributed by atoms with Crippen LogP contribution in [0, 0.1) is 22.0 Å². The van der Waals surface area contributed by atoms with E-state index in [1.165, 1.54) is 0 Å². The molecule has 15 heavy (non-hydrogen) atoms. The van der Waals surface area contributed by atoms with Crippen molar-refractivity contribution in [3.05, 3.63) is 46.4 Å². The molecule has 0 radical (unpaired) electrons. The van der Waals surface area contributed by atoms with Gasteiger partial charge in [-0.25, -0.2) is 0 Å².